The molecule has 0 aliphatic rings. The standard InChI is InChI=1S/C13H8Cl2N2S2/c1-18-8-3-2-7-4-11(19-10(7)5-8)12-9(14)6-16-13(15)17-12/h2-6H,1H3. The topological polar surface area (TPSA) is 25.8 Å². The van der Waals surface area contributed by atoms with Crippen molar-refractivity contribution in [3.8, 4) is 10.6 Å². The quantitative estimate of drug-likeness (QED) is 0.466. The maximum atomic E-state index is 6.14. The zero-order valence-corrected chi connectivity index (χ0v) is 13.0. The van der Waals surface area contributed by atoms with Gasteiger partial charge in [0.1, 0.15) is 5.69 Å². The Labute approximate surface area is 128 Å². The molecule has 0 unspecified atom stereocenters. The van der Waals surface area contributed by atoms with E-state index in [-0.39, 0.29) is 5.28 Å². The molecule has 0 saturated heterocycles. The minimum Gasteiger partial charge on any atom is -0.225 e. The largest absolute Gasteiger partial charge is 0.225 e. The summed E-state index contributed by atoms with van der Waals surface area (Å²) in [5.41, 5.74) is 0.688. The van der Waals surface area contributed by atoms with Gasteiger partial charge in [-0.2, -0.15) is 0 Å². The van der Waals surface area contributed by atoms with Gasteiger partial charge >= 0.3 is 0 Å². The van der Waals surface area contributed by atoms with Crippen molar-refractivity contribution in [2.45, 2.75) is 4.90 Å². The van der Waals surface area contributed by atoms with E-state index in [4.69, 9.17) is 23.2 Å². The Morgan fingerprint density at radius 2 is 2.05 bits per heavy atom. The first-order chi connectivity index (χ1) is 9.17. The lowest BCUT2D eigenvalue weighted by molar-refractivity contribution is 1.18. The minimum atomic E-state index is 0.210. The number of aromatic nitrogens is 2. The van der Waals surface area contributed by atoms with Crippen LogP contribution in [0.25, 0.3) is 20.7 Å². The Balaban J connectivity index is 2.17. The Morgan fingerprint density at radius 3 is 2.84 bits per heavy atom. The van der Waals surface area contributed by atoms with Crippen LogP contribution in [0.3, 0.4) is 0 Å². The zero-order valence-electron chi connectivity index (χ0n) is 9.85. The molecule has 2 aromatic heterocycles. The highest BCUT2D eigenvalue weighted by Gasteiger charge is 2.11. The molecule has 1 aromatic carbocycles. The van der Waals surface area contributed by atoms with Gasteiger partial charge in [0, 0.05) is 9.60 Å². The van der Waals surface area contributed by atoms with Crippen LogP contribution in [0.5, 0.6) is 0 Å². The molecule has 0 aliphatic heterocycles. The molecular formula is C13H8Cl2N2S2. The fourth-order valence-corrected chi connectivity index (χ4v) is 3.78. The minimum absolute atomic E-state index is 0.210. The molecule has 19 heavy (non-hydrogen) atoms. The van der Waals surface area contributed by atoms with Gasteiger partial charge in [-0.15, -0.1) is 23.1 Å². The molecule has 0 saturated carbocycles. The number of hydrogen-bond acceptors (Lipinski definition) is 4. The molecule has 0 N–H and O–H groups in total. The molecule has 2 heterocycles. The second-order valence-corrected chi connectivity index (χ2v) is 6.56. The maximum Gasteiger partial charge on any atom is 0.223 e. The third-order valence-electron chi connectivity index (χ3n) is 2.68. The average molecular weight is 327 g/mol. The molecule has 0 fully saturated rings. The number of thiophene rings is 1. The Hall–Kier alpha value is -0.810. The van der Waals surface area contributed by atoms with Crippen molar-refractivity contribution >= 4 is 56.4 Å². The van der Waals surface area contributed by atoms with E-state index in [2.05, 4.69) is 40.5 Å². The highest BCUT2D eigenvalue weighted by molar-refractivity contribution is 7.98. The van der Waals surface area contributed by atoms with Gasteiger partial charge in [0.2, 0.25) is 5.28 Å². The molecule has 0 radical (unpaired) electrons. The van der Waals surface area contributed by atoms with Crippen LogP contribution in [0, 0.1) is 0 Å². The summed E-state index contributed by atoms with van der Waals surface area (Å²) in [6.07, 6.45) is 3.60. The van der Waals surface area contributed by atoms with E-state index in [0.717, 1.165) is 4.88 Å². The second kappa shape index (κ2) is 5.29. The number of benzene rings is 1. The Morgan fingerprint density at radius 1 is 1.21 bits per heavy atom. The van der Waals surface area contributed by atoms with Gasteiger partial charge < -0.3 is 0 Å². The number of fused-ring (bicyclic) bond motifs is 1. The maximum absolute atomic E-state index is 6.14. The summed E-state index contributed by atoms with van der Waals surface area (Å²) in [6, 6.07) is 8.47. The summed E-state index contributed by atoms with van der Waals surface area (Å²) < 4.78 is 1.22. The molecule has 3 aromatic rings. The van der Waals surface area contributed by atoms with Crippen LogP contribution in [0.15, 0.2) is 35.4 Å². The van der Waals surface area contributed by atoms with E-state index in [9.17, 15) is 0 Å². The van der Waals surface area contributed by atoms with Crippen molar-refractivity contribution < 1.29 is 0 Å². The molecule has 3 rings (SSSR count). The van der Waals surface area contributed by atoms with E-state index < -0.39 is 0 Å². The summed E-state index contributed by atoms with van der Waals surface area (Å²) >= 11 is 15.4. The number of hydrogen-bond donors (Lipinski definition) is 0. The van der Waals surface area contributed by atoms with Crippen molar-refractivity contribution in [2.24, 2.45) is 0 Å². The molecule has 0 amide bonds. The van der Waals surface area contributed by atoms with Gasteiger partial charge in [-0.25, -0.2) is 9.97 Å². The lowest BCUT2D eigenvalue weighted by atomic mass is 10.2. The van der Waals surface area contributed by atoms with Gasteiger partial charge in [-0.3, -0.25) is 0 Å². The normalized spacial score (nSPS) is 11.1. The summed E-state index contributed by atoms with van der Waals surface area (Å²) in [5, 5.41) is 1.91. The predicted octanol–water partition coefficient (Wildman–Crippen LogP) is 5.39. The predicted molar refractivity (Wildman–Crippen MR) is 84.7 cm³/mol. The zero-order chi connectivity index (χ0) is 13.4. The van der Waals surface area contributed by atoms with Crippen molar-refractivity contribution in [1.82, 2.24) is 9.97 Å². The summed E-state index contributed by atoms with van der Waals surface area (Å²) in [7, 11) is 0. The molecular weight excluding hydrogens is 319 g/mol. The highest BCUT2D eigenvalue weighted by atomic mass is 35.5. The number of thioether (sulfide) groups is 1. The van der Waals surface area contributed by atoms with Gasteiger partial charge in [0.15, 0.2) is 0 Å². The summed E-state index contributed by atoms with van der Waals surface area (Å²) in [6.45, 7) is 0. The van der Waals surface area contributed by atoms with E-state index in [1.807, 2.05) is 0 Å². The van der Waals surface area contributed by atoms with E-state index >= 15 is 0 Å². The smallest absolute Gasteiger partial charge is 0.223 e. The van der Waals surface area contributed by atoms with Crippen LogP contribution in [-0.4, -0.2) is 16.2 Å². The van der Waals surface area contributed by atoms with E-state index in [1.165, 1.54) is 21.2 Å². The van der Waals surface area contributed by atoms with E-state index in [1.54, 1.807) is 23.1 Å². The van der Waals surface area contributed by atoms with Crippen LogP contribution in [0.4, 0.5) is 0 Å². The first-order valence-corrected chi connectivity index (χ1v) is 8.23. The van der Waals surface area contributed by atoms with Crippen LogP contribution in [0.1, 0.15) is 0 Å². The molecule has 0 atom stereocenters. The summed E-state index contributed by atoms with van der Waals surface area (Å²) in [4.78, 5) is 10.3. The molecule has 0 spiro atoms. The lowest BCUT2D eigenvalue weighted by Gasteiger charge is -1.99. The van der Waals surface area contributed by atoms with Crippen molar-refractivity contribution in [2.75, 3.05) is 6.26 Å². The fourth-order valence-electron chi connectivity index (χ4n) is 1.77. The molecule has 96 valence electrons. The van der Waals surface area contributed by atoms with Gasteiger partial charge in [-0.1, -0.05) is 17.7 Å². The van der Waals surface area contributed by atoms with Crippen molar-refractivity contribution in [3.63, 3.8) is 0 Å². The highest BCUT2D eigenvalue weighted by Crippen LogP contribution is 2.37. The van der Waals surface area contributed by atoms with Gasteiger partial charge in [0.05, 0.1) is 16.1 Å². The lowest BCUT2D eigenvalue weighted by Crippen LogP contribution is -1.86. The number of rotatable bonds is 2. The van der Waals surface area contributed by atoms with Crippen LogP contribution >= 0.6 is 46.3 Å². The second-order valence-electron chi connectivity index (χ2n) is 3.85. The van der Waals surface area contributed by atoms with Crippen LogP contribution in [0.2, 0.25) is 10.3 Å². The van der Waals surface area contributed by atoms with Crippen LogP contribution in [-0.2, 0) is 0 Å². The SMILES string of the molecule is CSc1ccc2cc(-c3nc(Cl)ncc3Cl)sc2c1. The Bertz CT molecular complexity index is 755. The molecule has 0 aliphatic carbocycles. The third-order valence-corrected chi connectivity index (χ3v) is 4.96. The Kier molecular flexibility index (Phi) is 3.67. The van der Waals surface area contributed by atoms with Gasteiger partial charge in [0.25, 0.3) is 0 Å². The third kappa shape index (κ3) is 2.58. The first-order valence-electron chi connectivity index (χ1n) is 5.43. The van der Waals surface area contributed by atoms with E-state index in [0.29, 0.717) is 10.7 Å². The molecule has 2 nitrogen and oxygen atoms in total. The fraction of sp³-hybridized carbons (Fsp3) is 0.0769. The molecule has 0 bridgehead atoms. The van der Waals surface area contributed by atoms with Crippen molar-refractivity contribution in [3.05, 3.63) is 40.8 Å². The number of halogens is 2. The number of nitrogens with zero attached hydrogens (tertiary/aromatic N) is 2. The summed E-state index contributed by atoms with van der Waals surface area (Å²) in [5.74, 6) is 0. The first kappa shape index (κ1) is 13.2. The monoisotopic (exact) mass is 326 g/mol. The van der Waals surface area contributed by atoms with Gasteiger partial charge in [-0.05, 0) is 41.4 Å². The van der Waals surface area contributed by atoms with Crippen LogP contribution < -0.4 is 0 Å². The molecule has 6 heteroatoms. The van der Waals surface area contributed by atoms with Crippen molar-refractivity contribution in [1.29, 1.82) is 0 Å². The average Bonchev–Trinajstić information content (AvgIpc) is 2.83.